The SMILES string of the molecule is CCCCCCC\C=C/C=C\C=C/CCCCCCCC(=O)OCC(COC(=O)CCCCCCCCCCCCCCC)OC(=O)CCCCCCCCCCCCCCCCCCC. The van der Waals surface area contributed by atoms with Gasteiger partial charge < -0.3 is 14.2 Å². The quantitative estimate of drug-likeness (QED) is 0.0262. The van der Waals surface area contributed by atoms with E-state index >= 15 is 0 Å². The maximum Gasteiger partial charge on any atom is 0.306 e. The second-order valence-electron chi connectivity index (χ2n) is 19.6. The molecule has 386 valence electrons. The highest BCUT2D eigenvalue weighted by Gasteiger charge is 2.19. The molecule has 0 spiro atoms. The predicted octanol–water partition coefficient (Wildman–Crippen LogP) is 19.3. The van der Waals surface area contributed by atoms with Crippen LogP contribution in [0.1, 0.15) is 310 Å². The summed E-state index contributed by atoms with van der Waals surface area (Å²) >= 11 is 0. The lowest BCUT2D eigenvalue weighted by Gasteiger charge is -2.18. The Hall–Kier alpha value is -2.37. The molecular formula is C60H110O6. The van der Waals surface area contributed by atoms with Crippen LogP contribution in [0, 0.1) is 0 Å². The monoisotopic (exact) mass is 927 g/mol. The Kier molecular flexibility index (Phi) is 53.2. The fraction of sp³-hybridized carbons (Fsp3) is 0.850. The summed E-state index contributed by atoms with van der Waals surface area (Å²) in [5, 5.41) is 0. The molecule has 0 aliphatic rings. The van der Waals surface area contributed by atoms with E-state index in [1.54, 1.807) is 0 Å². The summed E-state index contributed by atoms with van der Waals surface area (Å²) in [5.74, 6) is -0.875. The molecule has 0 amide bonds. The third-order valence-electron chi connectivity index (χ3n) is 13.0. The van der Waals surface area contributed by atoms with Crippen LogP contribution in [0.2, 0.25) is 0 Å². The van der Waals surface area contributed by atoms with Gasteiger partial charge in [-0.2, -0.15) is 0 Å². The zero-order valence-electron chi connectivity index (χ0n) is 44.2. The molecule has 0 heterocycles. The molecule has 0 aliphatic carbocycles. The number of rotatable bonds is 53. The smallest absolute Gasteiger partial charge is 0.306 e. The maximum atomic E-state index is 12.9. The van der Waals surface area contributed by atoms with Crippen molar-refractivity contribution >= 4 is 17.9 Å². The van der Waals surface area contributed by atoms with Crippen molar-refractivity contribution in [1.29, 1.82) is 0 Å². The average molecular weight is 928 g/mol. The van der Waals surface area contributed by atoms with Crippen LogP contribution < -0.4 is 0 Å². The minimum absolute atomic E-state index is 0.0739. The molecule has 0 aliphatic heterocycles. The zero-order valence-corrected chi connectivity index (χ0v) is 44.2. The number of hydrogen-bond donors (Lipinski definition) is 0. The molecule has 0 N–H and O–H groups in total. The first kappa shape index (κ1) is 63.6. The number of unbranched alkanes of at least 4 members (excludes halogenated alkanes) is 38. The van der Waals surface area contributed by atoms with Gasteiger partial charge in [0, 0.05) is 19.3 Å². The Morgan fingerprint density at radius 1 is 0.303 bits per heavy atom. The molecule has 0 aromatic heterocycles. The lowest BCUT2D eigenvalue weighted by molar-refractivity contribution is -0.167. The number of carbonyl (C=O) groups excluding carboxylic acids is 3. The summed E-state index contributed by atoms with van der Waals surface area (Å²) in [5.41, 5.74) is 0. The van der Waals surface area contributed by atoms with Crippen molar-refractivity contribution in [2.75, 3.05) is 13.2 Å². The van der Waals surface area contributed by atoms with Crippen molar-refractivity contribution in [1.82, 2.24) is 0 Å². The summed E-state index contributed by atoms with van der Waals surface area (Å²) in [6, 6.07) is 0. The molecule has 0 bridgehead atoms. The maximum absolute atomic E-state index is 12.9. The zero-order chi connectivity index (χ0) is 47.9. The van der Waals surface area contributed by atoms with E-state index in [-0.39, 0.29) is 31.1 Å². The molecule has 0 aromatic carbocycles. The fourth-order valence-electron chi connectivity index (χ4n) is 8.56. The Labute approximate surface area is 410 Å². The van der Waals surface area contributed by atoms with Crippen LogP contribution in [0.15, 0.2) is 36.5 Å². The molecule has 6 heteroatoms. The van der Waals surface area contributed by atoms with Gasteiger partial charge in [-0.05, 0) is 44.9 Å². The van der Waals surface area contributed by atoms with Gasteiger partial charge in [-0.25, -0.2) is 0 Å². The number of ether oxygens (including phenoxy) is 3. The predicted molar refractivity (Wildman–Crippen MR) is 284 cm³/mol. The third-order valence-corrected chi connectivity index (χ3v) is 13.0. The van der Waals surface area contributed by atoms with Crippen molar-refractivity contribution in [3.05, 3.63) is 36.5 Å². The number of hydrogen-bond acceptors (Lipinski definition) is 6. The highest BCUT2D eigenvalue weighted by Crippen LogP contribution is 2.17. The lowest BCUT2D eigenvalue weighted by Crippen LogP contribution is -2.30. The molecule has 0 aromatic rings. The Morgan fingerprint density at radius 2 is 0.545 bits per heavy atom. The normalized spacial score (nSPS) is 12.2. The molecule has 66 heavy (non-hydrogen) atoms. The number of carbonyl (C=O) groups is 3. The van der Waals surface area contributed by atoms with E-state index in [9.17, 15) is 14.4 Å². The van der Waals surface area contributed by atoms with Crippen LogP contribution in [-0.4, -0.2) is 37.2 Å². The molecule has 0 radical (unpaired) electrons. The highest BCUT2D eigenvalue weighted by atomic mass is 16.6. The second-order valence-corrected chi connectivity index (χ2v) is 19.6. The Bertz CT molecular complexity index is 1110. The van der Waals surface area contributed by atoms with Crippen molar-refractivity contribution in [3.63, 3.8) is 0 Å². The summed E-state index contributed by atoms with van der Waals surface area (Å²) in [7, 11) is 0. The van der Waals surface area contributed by atoms with Crippen molar-refractivity contribution in [3.8, 4) is 0 Å². The largest absolute Gasteiger partial charge is 0.462 e. The van der Waals surface area contributed by atoms with E-state index in [2.05, 4.69) is 57.2 Å². The van der Waals surface area contributed by atoms with Gasteiger partial charge in [0.1, 0.15) is 13.2 Å². The van der Waals surface area contributed by atoms with Crippen LogP contribution in [0.25, 0.3) is 0 Å². The molecule has 0 saturated heterocycles. The van der Waals surface area contributed by atoms with Gasteiger partial charge in [-0.3, -0.25) is 14.4 Å². The summed E-state index contributed by atoms with van der Waals surface area (Å²) in [4.78, 5) is 38.1. The first-order chi connectivity index (χ1) is 32.5. The molecule has 1 unspecified atom stereocenters. The highest BCUT2D eigenvalue weighted by molar-refractivity contribution is 5.71. The molecule has 0 saturated carbocycles. The van der Waals surface area contributed by atoms with Gasteiger partial charge in [0.15, 0.2) is 6.10 Å². The third kappa shape index (κ3) is 52.6. The van der Waals surface area contributed by atoms with Gasteiger partial charge in [-0.15, -0.1) is 0 Å². The summed E-state index contributed by atoms with van der Waals surface area (Å²) < 4.78 is 16.9. The van der Waals surface area contributed by atoms with Gasteiger partial charge in [0.25, 0.3) is 0 Å². The van der Waals surface area contributed by atoms with Gasteiger partial charge in [0.05, 0.1) is 0 Å². The lowest BCUT2D eigenvalue weighted by atomic mass is 10.0. The van der Waals surface area contributed by atoms with Crippen LogP contribution in [0.5, 0.6) is 0 Å². The first-order valence-corrected chi connectivity index (χ1v) is 29.0. The van der Waals surface area contributed by atoms with Crippen molar-refractivity contribution in [2.45, 2.75) is 316 Å². The van der Waals surface area contributed by atoms with E-state index in [1.165, 1.54) is 193 Å². The standard InChI is InChI=1S/C60H110O6/c1-4-7-10-13-16-19-22-25-27-29-31-32-35-38-41-44-47-50-53-59(62)65-56-57(55-64-58(61)52-49-46-43-40-37-34-24-21-18-15-12-9-6-3)66-60(63)54-51-48-45-42-39-36-33-30-28-26-23-20-17-14-11-8-5-2/h22,25,27,29,31-32,57H,4-21,23-24,26,28,30,33-56H2,1-3H3/b25-22-,29-27-,32-31-. The topological polar surface area (TPSA) is 78.9 Å². The second kappa shape index (κ2) is 55.2. The van der Waals surface area contributed by atoms with Crippen LogP contribution in [-0.2, 0) is 28.6 Å². The van der Waals surface area contributed by atoms with E-state index < -0.39 is 6.10 Å². The van der Waals surface area contributed by atoms with E-state index in [1.807, 2.05) is 0 Å². The average Bonchev–Trinajstić information content (AvgIpc) is 3.31. The van der Waals surface area contributed by atoms with Crippen LogP contribution >= 0.6 is 0 Å². The Morgan fingerprint density at radius 3 is 0.833 bits per heavy atom. The first-order valence-electron chi connectivity index (χ1n) is 29.0. The minimum Gasteiger partial charge on any atom is -0.462 e. The number of allylic oxidation sites excluding steroid dienone is 6. The molecule has 1 atom stereocenters. The van der Waals surface area contributed by atoms with Gasteiger partial charge >= 0.3 is 17.9 Å². The fourth-order valence-corrected chi connectivity index (χ4v) is 8.56. The van der Waals surface area contributed by atoms with E-state index in [0.29, 0.717) is 19.3 Å². The molecule has 6 nitrogen and oxygen atoms in total. The Balaban J connectivity index is 4.36. The van der Waals surface area contributed by atoms with Crippen LogP contribution in [0.3, 0.4) is 0 Å². The molecule has 0 fully saturated rings. The summed E-state index contributed by atoms with van der Waals surface area (Å²) in [6.07, 6.45) is 65.6. The van der Waals surface area contributed by atoms with Crippen molar-refractivity contribution in [2.24, 2.45) is 0 Å². The van der Waals surface area contributed by atoms with Crippen LogP contribution in [0.4, 0.5) is 0 Å². The van der Waals surface area contributed by atoms with E-state index in [0.717, 1.165) is 77.0 Å². The summed E-state index contributed by atoms with van der Waals surface area (Å²) in [6.45, 7) is 6.65. The minimum atomic E-state index is -0.776. The van der Waals surface area contributed by atoms with E-state index in [4.69, 9.17) is 14.2 Å². The van der Waals surface area contributed by atoms with Crippen molar-refractivity contribution < 1.29 is 28.6 Å². The molecule has 0 rings (SSSR count). The van der Waals surface area contributed by atoms with Gasteiger partial charge in [0.2, 0.25) is 0 Å². The van der Waals surface area contributed by atoms with Gasteiger partial charge in [-0.1, -0.05) is 282 Å². The molecular weight excluding hydrogens is 817 g/mol. The number of esters is 3.